The molecule has 3 aromatic rings. The molecule has 1 heterocycles. The summed E-state index contributed by atoms with van der Waals surface area (Å²) >= 11 is 1.10. The standard InChI is InChI=1S/C22H24N4O3S/c23-20(25-17-8-4-5-9-18(17)27)19-21(28)26-30-22(19)24-14-10-12-16(13-11-14)29-15-6-2-1-3-7-15/h1-3,6-7,10-13,17-18,24,27H,4-5,8-9H2,(H2,23,25)(H,26,28). The zero-order chi connectivity index (χ0) is 20.9. The minimum Gasteiger partial charge on any atom is -0.492 e. The number of aliphatic hydroxyl groups is 1. The molecule has 4 rings (SSSR count). The summed E-state index contributed by atoms with van der Waals surface area (Å²) in [4.78, 5) is 4.47. The molecule has 30 heavy (non-hydrogen) atoms. The van der Waals surface area contributed by atoms with Crippen LogP contribution in [-0.4, -0.2) is 32.6 Å². The molecule has 7 nitrogen and oxygen atoms in total. The Labute approximate surface area is 179 Å². The van der Waals surface area contributed by atoms with Gasteiger partial charge in [-0.25, -0.2) is 0 Å². The first-order valence-electron chi connectivity index (χ1n) is 9.90. The molecule has 2 atom stereocenters. The molecule has 8 heteroatoms. The van der Waals surface area contributed by atoms with Gasteiger partial charge in [-0.2, -0.15) is 4.37 Å². The van der Waals surface area contributed by atoms with Crippen molar-refractivity contribution >= 4 is 28.1 Å². The van der Waals surface area contributed by atoms with Gasteiger partial charge in [0.25, 0.3) is 0 Å². The van der Waals surface area contributed by atoms with Gasteiger partial charge in [0, 0.05) is 5.69 Å². The summed E-state index contributed by atoms with van der Waals surface area (Å²) in [7, 11) is 0. The van der Waals surface area contributed by atoms with Crippen molar-refractivity contribution in [2.45, 2.75) is 37.8 Å². The Hall–Kier alpha value is -3.10. The number of aromatic nitrogens is 1. The van der Waals surface area contributed by atoms with Crippen LogP contribution in [0.25, 0.3) is 0 Å². The lowest BCUT2D eigenvalue weighted by atomic mass is 9.93. The van der Waals surface area contributed by atoms with Crippen molar-refractivity contribution in [3.8, 4) is 17.4 Å². The number of amidine groups is 1. The molecule has 1 aliphatic carbocycles. The fourth-order valence-electron chi connectivity index (χ4n) is 3.45. The summed E-state index contributed by atoms with van der Waals surface area (Å²) in [6.45, 7) is 0. The van der Waals surface area contributed by atoms with Crippen LogP contribution < -0.4 is 15.8 Å². The fraction of sp³-hybridized carbons (Fsp3) is 0.273. The molecule has 0 spiro atoms. The van der Waals surface area contributed by atoms with Crippen LogP contribution in [0.4, 0.5) is 10.7 Å². The van der Waals surface area contributed by atoms with Gasteiger partial charge in [-0.15, -0.1) is 0 Å². The number of rotatable bonds is 6. The molecule has 1 fully saturated rings. The minimum atomic E-state index is -0.500. The lowest BCUT2D eigenvalue weighted by Crippen LogP contribution is -2.30. The molecule has 0 saturated heterocycles. The smallest absolute Gasteiger partial charge is 0.236 e. The molecule has 156 valence electrons. The van der Waals surface area contributed by atoms with E-state index < -0.39 is 6.10 Å². The summed E-state index contributed by atoms with van der Waals surface area (Å²) in [5.74, 6) is 1.49. The Bertz CT molecular complexity index is 1000. The second-order valence-corrected chi connectivity index (χ2v) is 7.98. The van der Waals surface area contributed by atoms with Crippen molar-refractivity contribution in [2.24, 2.45) is 10.7 Å². The van der Waals surface area contributed by atoms with Crippen molar-refractivity contribution < 1.29 is 14.9 Å². The fourth-order valence-corrected chi connectivity index (χ4v) is 4.17. The Balaban J connectivity index is 1.49. The van der Waals surface area contributed by atoms with Gasteiger partial charge in [-0.1, -0.05) is 31.0 Å². The number of benzene rings is 2. The van der Waals surface area contributed by atoms with Crippen LogP contribution in [0.5, 0.6) is 17.4 Å². The largest absolute Gasteiger partial charge is 0.492 e. The highest BCUT2D eigenvalue weighted by atomic mass is 32.1. The third-order valence-corrected chi connectivity index (χ3v) is 5.77. The highest BCUT2D eigenvalue weighted by Gasteiger charge is 2.25. The molecule has 2 aromatic carbocycles. The third-order valence-electron chi connectivity index (χ3n) is 5.02. The molecule has 0 amide bonds. The predicted octanol–water partition coefficient (Wildman–Crippen LogP) is 4.39. The SMILES string of the molecule is NC(=NC1CCCCC1O)c1c(O)nsc1Nc1ccc(Oc2ccccc2)cc1. The van der Waals surface area contributed by atoms with E-state index in [-0.39, 0.29) is 17.8 Å². The average molecular weight is 425 g/mol. The normalized spacial score (nSPS) is 19.4. The first-order valence-corrected chi connectivity index (χ1v) is 10.7. The van der Waals surface area contributed by atoms with Gasteiger partial charge in [-0.3, -0.25) is 4.99 Å². The molecule has 1 saturated carbocycles. The van der Waals surface area contributed by atoms with E-state index in [0.717, 1.165) is 48.7 Å². The van der Waals surface area contributed by atoms with E-state index in [0.29, 0.717) is 16.3 Å². The number of anilines is 2. The van der Waals surface area contributed by atoms with Gasteiger partial charge in [0.05, 0.1) is 12.1 Å². The predicted molar refractivity (Wildman–Crippen MR) is 119 cm³/mol. The van der Waals surface area contributed by atoms with Crippen molar-refractivity contribution in [1.29, 1.82) is 0 Å². The molecule has 2 unspecified atom stereocenters. The average Bonchev–Trinajstić information content (AvgIpc) is 3.12. The van der Waals surface area contributed by atoms with Gasteiger partial charge in [-0.05, 0) is 60.8 Å². The molecular formula is C22H24N4O3S. The van der Waals surface area contributed by atoms with Crippen LogP contribution in [0.3, 0.4) is 0 Å². The highest BCUT2D eigenvalue weighted by Crippen LogP contribution is 2.33. The molecular weight excluding hydrogens is 400 g/mol. The number of nitrogens with two attached hydrogens (primary N) is 1. The number of hydrogen-bond donors (Lipinski definition) is 4. The number of ether oxygens (including phenoxy) is 1. The molecule has 5 N–H and O–H groups in total. The van der Waals surface area contributed by atoms with Crippen LogP contribution in [0.2, 0.25) is 0 Å². The van der Waals surface area contributed by atoms with E-state index in [2.05, 4.69) is 14.7 Å². The number of nitrogens with zero attached hydrogens (tertiary/aromatic N) is 2. The minimum absolute atomic E-state index is 0.168. The van der Waals surface area contributed by atoms with Crippen LogP contribution in [0.1, 0.15) is 31.2 Å². The van der Waals surface area contributed by atoms with E-state index in [1.165, 1.54) is 0 Å². The van der Waals surface area contributed by atoms with E-state index in [4.69, 9.17) is 10.5 Å². The molecule has 0 radical (unpaired) electrons. The Morgan fingerprint density at radius 2 is 1.77 bits per heavy atom. The number of aliphatic imine (C=N–C) groups is 1. The van der Waals surface area contributed by atoms with Gasteiger partial charge in [0.2, 0.25) is 5.88 Å². The van der Waals surface area contributed by atoms with Gasteiger partial charge in [0.15, 0.2) is 0 Å². The highest BCUT2D eigenvalue weighted by molar-refractivity contribution is 7.11. The zero-order valence-corrected chi connectivity index (χ0v) is 17.2. The second kappa shape index (κ2) is 9.15. The third kappa shape index (κ3) is 4.72. The maximum Gasteiger partial charge on any atom is 0.236 e. The maximum atomic E-state index is 10.2. The number of aromatic hydroxyl groups is 1. The number of nitrogens with one attached hydrogen (secondary N) is 1. The van der Waals surface area contributed by atoms with E-state index in [1.807, 2.05) is 54.6 Å². The molecule has 0 bridgehead atoms. The van der Waals surface area contributed by atoms with Gasteiger partial charge < -0.3 is 26.0 Å². The van der Waals surface area contributed by atoms with E-state index in [9.17, 15) is 10.2 Å². The Kier molecular flexibility index (Phi) is 6.15. The van der Waals surface area contributed by atoms with Crippen LogP contribution >= 0.6 is 11.5 Å². The Morgan fingerprint density at radius 3 is 2.50 bits per heavy atom. The number of aliphatic hydroxyl groups excluding tert-OH is 1. The van der Waals surface area contributed by atoms with E-state index in [1.54, 1.807) is 0 Å². The Morgan fingerprint density at radius 1 is 1.07 bits per heavy atom. The molecule has 1 aliphatic rings. The lowest BCUT2D eigenvalue weighted by Gasteiger charge is -2.24. The van der Waals surface area contributed by atoms with Crippen molar-refractivity contribution in [3.63, 3.8) is 0 Å². The van der Waals surface area contributed by atoms with Gasteiger partial charge >= 0.3 is 0 Å². The monoisotopic (exact) mass is 424 g/mol. The summed E-state index contributed by atoms with van der Waals surface area (Å²) < 4.78 is 9.81. The summed E-state index contributed by atoms with van der Waals surface area (Å²) in [5, 5.41) is 24.2. The van der Waals surface area contributed by atoms with Crippen molar-refractivity contribution in [2.75, 3.05) is 5.32 Å². The van der Waals surface area contributed by atoms with E-state index >= 15 is 0 Å². The lowest BCUT2D eigenvalue weighted by molar-refractivity contribution is 0.109. The molecule has 1 aromatic heterocycles. The van der Waals surface area contributed by atoms with Crippen molar-refractivity contribution in [3.05, 3.63) is 60.2 Å². The second-order valence-electron chi connectivity index (χ2n) is 7.21. The first kappa shape index (κ1) is 20.2. The van der Waals surface area contributed by atoms with Crippen LogP contribution in [0, 0.1) is 0 Å². The van der Waals surface area contributed by atoms with Crippen LogP contribution in [-0.2, 0) is 0 Å². The molecule has 0 aliphatic heterocycles. The van der Waals surface area contributed by atoms with Gasteiger partial charge in [0.1, 0.15) is 27.9 Å². The van der Waals surface area contributed by atoms with Crippen molar-refractivity contribution in [1.82, 2.24) is 4.37 Å². The maximum absolute atomic E-state index is 10.2. The first-order chi connectivity index (χ1) is 14.6. The number of para-hydroxylation sites is 1. The quantitative estimate of drug-likeness (QED) is 0.345. The summed E-state index contributed by atoms with van der Waals surface area (Å²) in [5.41, 5.74) is 7.34. The number of hydrogen-bond acceptors (Lipinski definition) is 7. The van der Waals surface area contributed by atoms with Crippen LogP contribution in [0.15, 0.2) is 59.6 Å². The topological polar surface area (TPSA) is 113 Å². The summed E-state index contributed by atoms with van der Waals surface area (Å²) in [6, 6.07) is 16.8. The zero-order valence-electron chi connectivity index (χ0n) is 16.4. The summed E-state index contributed by atoms with van der Waals surface area (Å²) in [6.07, 6.45) is 3.01.